The van der Waals surface area contributed by atoms with Crippen LogP contribution in [0.4, 0.5) is 0 Å². The number of rotatable bonds is 5. The molecular weight excluding hydrogens is 258 g/mol. The Morgan fingerprint density at radius 1 is 1.37 bits per heavy atom. The van der Waals surface area contributed by atoms with Crippen molar-refractivity contribution >= 4 is 11.8 Å². The first-order valence-electron chi connectivity index (χ1n) is 6.16. The predicted molar refractivity (Wildman–Crippen MR) is 74.5 cm³/mol. The van der Waals surface area contributed by atoms with E-state index in [1.165, 1.54) is 11.8 Å². The summed E-state index contributed by atoms with van der Waals surface area (Å²) in [6.45, 7) is 4.81. The molecule has 19 heavy (non-hydrogen) atoms. The van der Waals surface area contributed by atoms with E-state index in [0.717, 1.165) is 29.5 Å². The van der Waals surface area contributed by atoms with Crippen molar-refractivity contribution in [3.05, 3.63) is 24.5 Å². The molecule has 2 rings (SSSR count). The smallest absolute Gasteiger partial charge is 0.192 e. The van der Waals surface area contributed by atoms with E-state index in [1.54, 1.807) is 12.4 Å². The fraction of sp³-hybridized carbons (Fsp3) is 0.385. The Morgan fingerprint density at radius 3 is 2.74 bits per heavy atom. The van der Waals surface area contributed by atoms with E-state index in [2.05, 4.69) is 32.7 Å². The molecule has 0 unspecified atom stereocenters. The molecule has 0 aliphatic carbocycles. The first-order valence-corrected chi connectivity index (χ1v) is 7.04. The molecule has 2 aromatic heterocycles. The van der Waals surface area contributed by atoms with Gasteiger partial charge in [0.2, 0.25) is 0 Å². The summed E-state index contributed by atoms with van der Waals surface area (Å²) in [5, 5.41) is 18.0. The number of aromatic nitrogens is 4. The van der Waals surface area contributed by atoms with Crippen molar-refractivity contribution in [1.82, 2.24) is 19.7 Å². The van der Waals surface area contributed by atoms with Gasteiger partial charge in [-0.3, -0.25) is 4.98 Å². The van der Waals surface area contributed by atoms with Gasteiger partial charge in [-0.2, -0.15) is 5.26 Å². The highest BCUT2D eigenvalue weighted by molar-refractivity contribution is 8.00. The Balaban J connectivity index is 2.37. The van der Waals surface area contributed by atoms with Crippen LogP contribution in [0, 0.1) is 11.3 Å². The number of hydrogen-bond donors (Lipinski definition) is 0. The van der Waals surface area contributed by atoms with Crippen LogP contribution in [-0.4, -0.2) is 25.0 Å². The summed E-state index contributed by atoms with van der Waals surface area (Å²) in [7, 11) is 0. The van der Waals surface area contributed by atoms with Gasteiger partial charge in [-0.1, -0.05) is 18.7 Å². The lowest BCUT2D eigenvalue weighted by atomic mass is 10.2. The molecule has 0 amide bonds. The normalized spacial score (nSPS) is 12.1. The van der Waals surface area contributed by atoms with Gasteiger partial charge in [-0.05, 0) is 25.5 Å². The van der Waals surface area contributed by atoms with Gasteiger partial charge in [-0.15, -0.1) is 10.2 Å². The van der Waals surface area contributed by atoms with Crippen molar-refractivity contribution in [2.45, 2.75) is 37.2 Å². The Bertz CT molecular complexity index is 572. The second-order valence-corrected chi connectivity index (χ2v) is 5.39. The third-order valence-electron chi connectivity index (χ3n) is 2.57. The average molecular weight is 273 g/mol. The Morgan fingerprint density at radius 2 is 2.11 bits per heavy atom. The summed E-state index contributed by atoms with van der Waals surface area (Å²) >= 11 is 1.44. The molecule has 0 aliphatic rings. The zero-order valence-electron chi connectivity index (χ0n) is 10.9. The van der Waals surface area contributed by atoms with Crippen LogP contribution < -0.4 is 0 Å². The molecule has 1 atom stereocenters. The Kier molecular flexibility index (Phi) is 4.53. The molecule has 0 aromatic carbocycles. The van der Waals surface area contributed by atoms with E-state index in [-0.39, 0.29) is 5.25 Å². The van der Waals surface area contributed by atoms with Gasteiger partial charge in [-0.25, -0.2) is 0 Å². The van der Waals surface area contributed by atoms with Crippen molar-refractivity contribution in [2.75, 3.05) is 0 Å². The summed E-state index contributed by atoms with van der Waals surface area (Å²) < 4.78 is 2.06. The lowest BCUT2D eigenvalue weighted by molar-refractivity contribution is 0.626. The fourth-order valence-corrected chi connectivity index (χ4v) is 2.46. The third-order valence-corrected chi connectivity index (χ3v) is 3.54. The molecule has 0 N–H and O–H groups in total. The summed E-state index contributed by atoms with van der Waals surface area (Å²) in [4.78, 5) is 4.01. The summed E-state index contributed by atoms with van der Waals surface area (Å²) in [5.41, 5.74) is 0.993. The van der Waals surface area contributed by atoms with Gasteiger partial charge >= 0.3 is 0 Å². The number of nitrogens with zero attached hydrogens (tertiary/aromatic N) is 5. The van der Waals surface area contributed by atoms with E-state index < -0.39 is 0 Å². The van der Waals surface area contributed by atoms with Crippen LogP contribution in [0.15, 0.2) is 29.7 Å². The molecule has 0 radical (unpaired) electrons. The maximum absolute atomic E-state index is 8.90. The van der Waals surface area contributed by atoms with Crippen molar-refractivity contribution < 1.29 is 0 Å². The quantitative estimate of drug-likeness (QED) is 0.784. The second kappa shape index (κ2) is 6.34. The van der Waals surface area contributed by atoms with Crippen LogP contribution in [0.5, 0.6) is 0 Å². The average Bonchev–Trinajstić information content (AvgIpc) is 2.83. The lowest BCUT2D eigenvalue weighted by Crippen LogP contribution is -2.03. The van der Waals surface area contributed by atoms with Crippen LogP contribution in [0.25, 0.3) is 11.4 Å². The first-order chi connectivity index (χ1) is 9.26. The molecule has 2 heterocycles. The van der Waals surface area contributed by atoms with E-state index in [9.17, 15) is 0 Å². The molecule has 0 saturated carbocycles. The molecule has 0 fully saturated rings. The van der Waals surface area contributed by atoms with E-state index >= 15 is 0 Å². The van der Waals surface area contributed by atoms with Gasteiger partial charge in [0.25, 0.3) is 0 Å². The van der Waals surface area contributed by atoms with Crippen LogP contribution >= 0.6 is 11.8 Å². The van der Waals surface area contributed by atoms with E-state index in [1.807, 2.05) is 19.1 Å². The molecule has 0 bridgehead atoms. The van der Waals surface area contributed by atoms with Crippen LogP contribution in [0.1, 0.15) is 20.3 Å². The highest BCUT2D eigenvalue weighted by atomic mass is 32.2. The largest absolute Gasteiger partial charge is 0.302 e. The maximum atomic E-state index is 8.90. The van der Waals surface area contributed by atoms with Crippen LogP contribution in [0.2, 0.25) is 0 Å². The minimum Gasteiger partial charge on any atom is -0.302 e. The molecular formula is C13H15N5S. The zero-order chi connectivity index (χ0) is 13.7. The van der Waals surface area contributed by atoms with Gasteiger partial charge in [0.15, 0.2) is 11.0 Å². The minimum atomic E-state index is -0.134. The van der Waals surface area contributed by atoms with E-state index in [0.29, 0.717) is 0 Å². The van der Waals surface area contributed by atoms with Gasteiger partial charge in [0.1, 0.15) is 0 Å². The zero-order valence-corrected chi connectivity index (χ0v) is 11.8. The van der Waals surface area contributed by atoms with Gasteiger partial charge in [0, 0.05) is 24.5 Å². The van der Waals surface area contributed by atoms with Crippen molar-refractivity contribution in [2.24, 2.45) is 0 Å². The van der Waals surface area contributed by atoms with Gasteiger partial charge in [0.05, 0.1) is 11.3 Å². The monoisotopic (exact) mass is 273 g/mol. The first kappa shape index (κ1) is 13.6. The molecule has 0 saturated heterocycles. The van der Waals surface area contributed by atoms with Gasteiger partial charge < -0.3 is 4.57 Å². The lowest BCUT2D eigenvalue weighted by Gasteiger charge is -2.09. The highest BCUT2D eigenvalue weighted by Gasteiger charge is 2.15. The molecule has 0 aliphatic heterocycles. The highest BCUT2D eigenvalue weighted by Crippen LogP contribution is 2.26. The molecule has 98 valence electrons. The minimum absolute atomic E-state index is 0.134. The summed E-state index contributed by atoms with van der Waals surface area (Å²) in [6.07, 6.45) is 4.47. The maximum Gasteiger partial charge on any atom is 0.192 e. The van der Waals surface area contributed by atoms with E-state index in [4.69, 9.17) is 5.26 Å². The second-order valence-electron chi connectivity index (χ2n) is 4.08. The topological polar surface area (TPSA) is 67.4 Å². The molecule has 0 spiro atoms. The number of hydrogen-bond acceptors (Lipinski definition) is 5. The third kappa shape index (κ3) is 3.12. The summed E-state index contributed by atoms with van der Waals surface area (Å²) in [5.74, 6) is 0.830. The van der Waals surface area contributed by atoms with Crippen LogP contribution in [-0.2, 0) is 6.54 Å². The summed E-state index contributed by atoms with van der Waals surface area (Å²) in [6, 6.07) is 6.03. The van der Waals surface area contributed by atoms with Crippen molar-refractivity contribution in [3.63, 3.8) is 0 Å². The fourth-order valence-electron chi connectivity index (χ4n) is 1.70. The number of nitriles is 1. The predicted octanol–water partition coefficient (Wildman–Crippen LogP) is 2.75. The molecule has 2 aromatic rings. The van der Waals surface area contributed by atoms with Crippen molar-refractivity contribution in [3.8, 4) is 17.5 Å². The SMILES string of the molecule is CCCn1c(S[C@H](C)C#N)nnc1-c1ccncc1. The molecule has 6 heteroatoms. The number of pyridine rings is 1. The van der Waals surface area contributed by atoms with Crippen molar-refractivity contribution in [1.29, 1.82) is 5.26 Å². The Hall–Kier alpha value is -1.87. The van der Waals surface area contributed by atoms with Crippen LogP contribution in [0.3, 0.4) is 0 Å². The molecule has 5 nitrogen and oxygen atoms in total. The number of thioether (sulfide) groups is 1. The Labute approximate surface area is 116 Å². The standard InChI is InChI=1S/C13H15N5S/c1-3-8-18-12(11-4-6-15-7-5-11)16-17-13(18)19-10(2)9-14/h4-7,10H,3,8H2,1-2H3/t10-/m1/s1.